The third kappa shape index (κ3) is 3.84. The first kappa shape index (κ1) is 21.6. The number of fused-ring (bicyclic) bond motifs is 1. The maximum atomic E-state index is 11.6. The Bertz CT molecular complexity index is 1290. The fourth-order valence-electron chi connectivity index (χ4n) is 4.24. The van der Waals surface area contributed by atoms with Crippen molar-refractivity contribution in [3.63, 3.8) is 0 Å². The number of hydrogen-bond donors (Lipinski definition) is 2. The van der Waals surface area contributed by atoms with Crippen molar-refractivity contribution >= 4 is 17.3 Å². The number of aromatic carboxylic acids is 1. The molecule has 0 amide bonds. The van der Waals surface area contributed by atoms with Crippen LogP contribution in [-0.2, 0) is 12.8 Å². The topological polar surface area (TPSA) is 79.5 Å². The molecule has 4 rings (SSSR count). The number of aromatic nitrogens is 3. The van der Waals surface area contributed by atoms with Crippen molar-refractivity contribution in [2.45, 2.75) is 40.5 Å². The molecule has 0 aliphatic carbocycles. The number of nitrogens with one attached hydrogen (secondary N) is 1. The Labute approximate surface area is 187 Å². The average Bonchev–Trinajstić information content (AvgIpc) is 3.14. The number of nitrogens with zero attached hydrogens (tertiary/aromatic N) is 3. The van der Waals surface area contributed by atoms with Crippen LogP contribution in [0, 0.1) is 13.8 Å². The fraction of sp³-hybridized carbons (Fsp3) is 0.269. The Morgan fingerprint density at radius 3 is 2.44 bits per heavy atom. The SMILES string of the molecule is CCNc1c(C)nc2c(Cc3ccc(-c4ccccc4C(=O)O)cc3)c(CC)nn2c1C. The van der Waals surface area contributed by atoms with Gasteiger partial charge in [0.25, 0.3) is 0 Å². The number of anilines is 1. The summed E-state index contributed by atoms with van der Waals surface area (Å²) in [6, 6.07) is 15.2. The summed E-state index contributed by atoms with van der Waals surface area (Å²) in [5, 5.41) is 17.7. The number of carbonyl (C=O) groups is 1. The third-order valence-corrected chi connectivity index (χ3v) is 5.85. The maximum absolute atomic E-state index is 11.6. The Hall–Kier alpha value is -3.67. The number of aryl methyl sites for hydroxylation is 3. The third-order valence-electron chi connectivity index (χ3n) is 5.85. The van der Waals surface area contributed by atoms with E-state index in [2.05, 4.69) is 38.2 Å². The summed E-state index contributed by atoms with van der Waals surface area (Å²) < 4.78 is 1.95. The normalized spacial score (nSPS) is 11.1. The fourth-order valence-corrected chi connectivity index (χ4v) is 4.24. The van der Waals surface area contributed by atoms with Crippen molar-refractivity contribution in [1.29, 1.82) is 0 Å². The van der Waals surface area contributed by atoms with Crippen molar-refractivity contribution < 1.29 is 9.90 Å². The van der Waals surface area contributed by atoms with Crippen LogP contribution in [0.5, 0.6) is 0 Å². The number of hydrogen-bond acceptors (Lipinski definition) is 4. The second-order valence-corrected chi connectivity index (χ2v) is 7.93. The van der Waals surface area contributed by atoms with Crippen LogP contribution in [0.4, 0.5) is 5.69 Å². The molecule has 0 bridgehead atoms. The van der Waals surface area contributed by atoms with E-state index in [0.717, 1.165) is 70.1 Å². The van der Waals surface area contributed by atoms with Crippen LogP contribution in [0.15, 0.2) is 48.5 Å². The Kier molecular flexibility index (Phi) is 5.95. The Balaban J connectivity index is 1.72. The van der Waals surface area contributed by atoms with Gasteiger partial charge in [-0.25, -0.2) is 14.3 Å². The lowest BCUT2D eigenvalue weighted by Gasteiger charge is -2.12. The molecule has 0 aliphatic heterocycles. The minimum absolute atomic E-state index is 0.308. The van der Waals surface area contributed by atoms with E-state index < -0.39 is 5.97 Å². The Morgan fingerprint density at radius 2 is 1.78 bits per heavy atom. The van der Waals surface area contributed by atoms with Crippen LogP contribution in [0.1, 0.15) is 52.4 Å². The van der Waals surface area contributed by atoms with E-state index in [1.54, 1.807) is 12.1 Å². The van der Waals surface area contributed by atoms with Gasteiger partial charge in [-0.3, -0.25) is 0 Å². The predicted octanol–water partition coefficient (Wildman–Crippen LogP) is 5.30. The van der Waals surface area contributed by atoms with Gasteiger partial charge >= 0.3 is 5.97 Å². The summed E-state index contributed by atoms with van der Waals surface area (Å²) in [6.45, 7) is 9.13. The van der Waals surface area contributed by atoms with Crippen molar-refractivity contribution in [1.82, 2.24) is 14.6 Å². The van der Waals surface area contributed by atoms with Crippen LogP contribution >= 0.6 is 0 Å². The molecule has 0 unspecified atom stereocenters. The van der Waals surface area contributed by atoms with E-state index in [9.17, 15) is 9.90 Å². The van der Waals surface area contributed by atoms with Gasteiger partial charge in [-0.05, 0) is 49.9 Å². The van der Waals surface area contributed by atoms with Gasteiger partial charge in [0, 0.05) is 18.5 Å². The summed E-state index contributed by atoms with van der Waals surface area (Å²) >= 11 is 0. The number of carboxylic acid groups (broad SMARTS) is 1. The minimum atomic E-state index is -0.919. The van der Waals surface area contributed by atoms with Crippen molar-refractivity contribution in [2.75, 3.05) is 11.9 Å². The highest BCUT2D eigenvalue weighted by molar-refractivity contribution is 5.96. The highest BCUT2D eigenvalue weighted by Crippen LogP contribution is 2.28. The van der Waals surface area contributed by atoms with Gasteiger partial charge in [0.2, 0.25) is 0 Å². The molecule has 0 fully saturated rings. The van der Waals surface area contributed by atoms with Crippen LogP contribution in [0.25, 0.3) is 16.8 Å². The standard InChI is InChI=1S/C26H28N4O2/c1-5-23-22(25-28-16(3)24(27-6-2)17(4)30(25)29-23)15-18-11-13-19(14-12-18)20-9-7-8-10-21(20)26(31)32/h7-14,27H,5-6,15H2,1-4H3,(H,31,32). The largest absolute Gasteiger partial charge is 0.478 e. The molecule has 0 saturated heterocycles. The smallest absolute Gasteiger partial charge is 0.336 e. The number of benzene rings is 2. The monoisotopic (exact) mass is 428 g/mol. The molecule has 0 spiro atoms. The van der Waals surface area contributed by atoms with Gasteiger partial charge in [-0.15, -0.1) is 0 Å². The quantitative estimate of drug-likeness (QED) is 0.418. The lowest BCUT2D eigenvalue weighted by Crippen LogP contribution is -2.08. The first-order chi connectivity index (χ1) is 15.4. The maximum Gasteiger partial charge on any atom is 0.336 e. The van der Waals surface area contributed by atoms with Gasteiger partial charge in [-0.2, -0.15) is 5.10 Å². The predicted molar refractivity (Wildman–Crippen MR) is 128 cm³/mol. The Morgan fingerprint density at radius 1 is 1.06 bits per heavy atom. The molecular formula is C26H28N4O2. The molecule has 0 saturated carbocycles. The average molecular weight is 429 g/mol. The first-order valence-electron chi connectivity index (χ1n) is 11.0. The molecule has 0 atom stereocenters. The summed E-state index contributed by atoms with van der Waals surface area (Å²) in [6.07, 6.45) is 1.55. The molecule has 6 nitrogen and oxygen atoms in total. The first-order valence-corrected chi connectivity index (χ1v) is 11.0. The molecule has 2 aromatic heterocycles. The van der Waals surface area contributed by atoms with Crippen LogP contribution in [0.2, 0.25) is 0 Å². The second kappa shape index (κ2) is 8.83. The van der Waals surface area contributed by atoms with E-state index in [1.165, 1.54) is 0 Å². The molecule has 164 valence electrons. The van der Waals surface area contributed by atoms with Crippen LogP contribution < -0.4 is 5.32 Å². The minimum Gasteiger partial charge on any atom is -0.478 e. The number of rotatable bonds is 7. The van der Waals surface area contributed by atoms with Crippen LogP contribution in [-0.4, -0.2) is 32.2 Å². The summed E-state index contributed by atoms with van der Waals surface area (Å²) in [7, 11) is 0. The van der Waals surface area contributed by atoms with Gasteiger partial charge in [-0.1, -0.05) is 49.4 Å². The molecule has 2 aromatic carbocycles. The highest BCUT2D eigenvalue weighted by atomic mass is 16.4. The molecule has 6 heteroatoms. The molecule has 4 aromatic rings. The van der Waals surface area contributed by atoms with Gasteiger partial charge in [0.05, 0.1) is 28.3 Å². The van der Waals surface area contributed by atoms with Crippen molar-refractivity contribution in [3.05, 3.63) is 82.3 Å². The molecular weight excluding hydrogens is 400 g/mol. The van der Waals surface area contributed by atoms with Gasteiger partial charge < -0.3 is 10.4 Å². The van der Waals surface area contributed by atoms with E-state index in [1.807, 2.05) is 35.7 Å². The number of carboxylic acids is 1. The van der Waals surface area contributed by atoms with Crippen molar-refractivity contribution in [2.24, 2.45) is 0 Å². The van der Waals surface area contributed by atoms with E-state index in [-0.39, 0.29) is 0 Å². The van der Waals surface area contributed by atoms with E-state index in [0.29, 0.717) is 5.56 Å². The highest BCUT2D eigenvalue weighted by Gasteiger charge is 2.18. The lowest BCUT2D eigenvalue weighted by molar-refractivity contribution is 0.0697. The van der Waals surface area contributed by atoms with Crippen molar-refractivity contribution in [3.8, 4) is 11.1 Å². The lowest BCUT2D eigenvalue weighted by atomic mass is 9.97. The van der Waals surface area contributed by atoms with E-state index >= 15 is 0 Å². The summed E-state index contributed by atoms with van der Waals surface area (Å²) in [5.41, 5.74) is 9.23. The molecule has 2 heterocycles. The molecule has 32 heavy (non-hydrogen) atoms. The zero-order valence-electron chi connectivity index (χ0n) is 18.9. The molecule has 2 N–H and O–H groups in total. The molecule has 0 radical (unpaired) electrons. The van der Waals surface area contributed by atoms with E-state index in [4.69, 9.17) is 10.1 Å². The van der Waals surface area contributed by atoms with Crippen LogP contribution in [0.3, 0.4) is 0 Å². The van der Waals surface area contributed by atoms with Gasteiger partial charge in [0.15, 0.2) is 5.65 Å². The second-order valence-electron chi connectivity index (χ2n) is 7.93. The zero-order valence-corrected chi connectivity index (χ0v) is 18.9. The summed E-state index contributed by atoms with van der Waals surface area (Å²) in [5.74, 6) is -0.919. The van der Waals surface area contributed by atoms with Gasteiger partial charge in [0.1, 0.15) is 0 Å². The molecule has 0 aliphatic rings. The zero-order chi connectivity index (χ0) is 22.8. The summed E-state index contributed by atoms with van der Waals surface area (Å²) in [4.78, 5) is 16.5.